The molecule has 0 bridgehead atoms. The summed E-state index contributed by atoms with van der Waals surface area (Å²) in [6.45, 7) is 0.256. The van der Waals surface area contributed by atoms with Gasteiger partial charge in [-0.2, -0.15) is 8.42 Å². The third-order valence-electron chi connectivity index (χ3n) is 2.00. The van der Waals surface area contributed by atoms with Crippen molar-refractivity contribution in [1.82, 2.24) is 0 Å². The zero-order valence-corrected chi connectivity index (χ0v) is 9.61. The third-order valence-corrected chi connectivity index (χ3v) is 2.70. The zero-order valence-electron chi connectivity index (χ0n) is 8.79. The summed E-state index contributed by atoms with van der Waals surface area (Å²) >= 11 is 0. The van der Waals surface area contributed by atoms with E-state index in [-0.39, 0.29) is 12.3 Å². The second-order valence-electron chi connectivity index (χ2n) is 3.47. The van der Waals surface area contributed by atoms with Crippen LogP contribution in [0.4, 0.5) is 5.69 Å². The van der Waals surface area contributed by atoms with E-state index < -0.39 is 10.1 Å². The molecule has 1 N–H and O–H groups in total. The molecule has 0 spiro atoms. The van der Waals surface area contributed by atoms with E-state index in [0.29, 0.717) is 0 Å². The van der Waals surface area contributed by atoms with Crippen LogP contribution in [0.3, 0.4) is 0 Å². The Balaban J connectivity index is 2.65. The summed E-state index contributed by atoms with van der Waals surface area (Å²) in [5.41, 5.74) is 1.04. The van der Waals surface area contributed by atoms with Crippen LogP contribution in [0.25, 0.3) is 0 Å². The highest BCUT2D eigenvalue weighted by Gasteiger charge is 2.09. The second kappa shape index (κ2) is 4.59. The summed E-state index contributed by atoms with van der Waals surface area (Å²) in [5.74, 6) is -0.265. The quantitative estimate of drug-likeness (QED) is 0.582. The fourth-order valence-electron chi connectivity index (χ4n) is 1.12. The van der Waals surface area contributed by atoms with Crippen LogP contribution < -0.4 is 9.47 Å². The van der Waals surface area contributed by atoms with Gasteiger partial charge >= 0.3 is 0 Å². The molecule has 1 aromatic heterocycles. The van der Waals surface area contributed by atoms with E-state index in [1.165, 1.54) is 0 Å². The Morgan fingerprint density at radius 2 is 1.87 bits per heavy atom. The van der Waals surface area contributed by atoms with E-state index in [0.717, 1.165) is 5.69 Å². The Hall–Kier alpha value is -1.14. The maximum absolute atomic E-state index is 10.5. The van der Waals surface area contributed by atoms with E-state index in [1.54, 1.807) is 17.0 Å². The van der Waals surface area contributed by atoms with Crippen molar-refractivity contribution < 1.29 is 17.5 Å². The van der Waals surface area contributed by atoms with Crippen molar-refractivity contribution in [1.29, 1.82) is 0 Å². The van der Waals surface area contributed by atoms with Crippen molar-refractivity contribution in [2.24, 2.45) is 0 Å². The summed E-state index contributed by atoms with van der Waals surface area (Å²) in [6.07, 6.45) is 3.56. The maximum Gasteiger partial charge on any atom is 0.271 e. The zero-order chi connectivity index (χ0) is 11.5. The molecule has 1 heterocycles. The van der Waals surface area contributed by atoms with Crippen molar-refractivity contribution in [2.75, 3.05) is 24.7 Å². The summed E-state index contributed by atoms with van der Waals surface area (Å²) < 4.78 is 31.3. The molecule has 6 heteroatoms. The molecule has 1 rings (SSSR count). The number of rotatable bonds is 4. The molecule has 0 unspecified atom stereocenters. The lowest BCUT2D eigenvalue weighted by atomic mass is 10.4. The summed E-state index contributed by atoms with van der Waals surface area (Å²) in [5, 5.41) is 0. The molecule has 0 amide bonds. The molecule has 0 aromatic carbocycles. The minimum absolute atomic E-state index is 0.256. The Morgan fingerprint density at radius 1 is 1.33 bits per heavy atom. The predicted molar refractivity (Wildman–Crippen MR) is 57.4 cm³/mol. The van der Waals surface area contributed by atoms with Gasteiger partial charge in [-0.15, -0.1) is 0 Å². The van der Waals surface area contributed by atoms with Crippen LogP contribution in [-0.4, -0.2) is 32.8 Å². The SMILES string of the molecule is CN(C)c1cc[n+](CCS(=O)(=O)O)cc1. The van der Waals surface area contributed by atoms with Gasteiger partial charge in [0.1, 0.15) is 5.75 Å². The third kappa shape index (κ3) is 4.26. The van der Waals surface area contributed by atoms with Gasteiger partial charge in [-0.3, -0.25) is 4.55 Å². The van der Waals surface area contributed by atoms with Gasteiger partial charge in [0.2, 0.25) is 0 Å². The Morgan fingerprint density at radius 3 is 2.27 bits per heavy atom. The molecular formula is C9H15N2O3S+. The molecule has 84 valence electrons. The smallest absolute Gasteiger partial charge is 0.271 e. The average Bonchev–Trinajstić information content (AvgIpc) is 2.14. The Bertz CT molecular complexity index is 411. The number of hydrogen-bond donors (Lipinski definition) is 1. The van der Waals surface area contributed by atoms with E-state index in [9.17, 15) is 8.42 Å². The van der Waals surface area contributed by atoms with Gasteiger partial charge < -0.3 is 4.90 Å². The molecular weight excluding hydrogens is 216 g/mol. The Labute approximate surface area is 89.7 Å². The molecule has 0 saturated heterocycles. The topological polar surface area (TPSA) is 61.5 Å². The van der Waals surface area contributed by atoms with Crippen LogP contribution in [0.15, 0.2) is 24.5 Å². The molecule has 0 radical (unpaired) electrons. The molecule has 15 heavy (non-hydrogen) atoms. The minimum Gasteiger partial charge on any atom is -0.377 e. The molecule has 0 aliphatic rings. The lowest BCUT2D eigenvalue weighted by molar-refractivity contribution is -0.692. The molecule has 5 nitrogen and oxygen atoms in total. The van der Waals surface area contributed by atoms with Gasteiger partial charge in [0.05, 0.1) is 0 Å². The highest BCUT2D eigenvalue weighted by atomic mass is 32.2. The van der Waals surface area contributed by atoms with Crippen molar-refractivity contribution in [2.45, 2.75) is 6.54 Å². The van der Waals surface area contributed by atoms with Crippen LogP contribution in [0.1, 0.15) is 0 Å². The van der Waals surface area contributed by atoms with E-state index in [1.807, 2.05) is 31.1 Å². The van der Waals surface area contributed by atoms with Gasteiger partial charge in [0.25, 0.3) is 10.1 Å². The standard InChI is InChI=1S/C9H14N2O3S/c1-10(2)9-3-5-11(6-4-9)7-8-15(12,13)14/h3-6H,7-8H2,1-2H3/p+1. The van der Waals surface area contributed by atoms with Gasteiger partial charge in [-0.25, -0.2) is 4.57 Å². The van der Waals surface area contributed by atoms with E-state index in [2.05, 4.69) is 0 Å². The molecule has 0 aliphatic carbocycles. The summed E-state index contributed by atoms with van der Waals surface area (Å²) in [7, 11) is -0.0232. The minimum atomic E-state index is -3.88. The van der Waals surface area contributed by atoms with E-state index >= 15 is 0 Å². The first-order chi connectivity index (χ1) is 6.88. The van der Waals surface area contributed by atoms with E-state index in [4.69, 9.17) is 4.55 Å². The normalized spacial score (nSPS) is 11.4. The first-order valence-corrected chi connectivity index (χ1v) is 6.11. The van der Waals surface area contributed by atoms with Crippen molar-refractivity contribution >= 4 is 15.8 Å². The number of aryl methyl sites for hydroxylation is 1. The first kappa shape index (κ1) is 11.9. The number of anilines is 1. The van der Waals surface area contributed by atoms with Crippen molar-refractivity contribution in [3.05, 3.63) is 24.5 Å². The highest BCUT2D eigenvalue weighted by Crippen LogP contribution is 2.05. The molecule has 1 aromatic rings. The first-order valence-electron chi connectivity index (χ1n) is 4.50. The van der Waals surface area contributed by atoms with Gasteiger partial charge in [0, 0.05) is 31.9 Å². The molecule has 0 aliphatic heterocycles. The number of nitrogens with zero attached hydrogens (tertiary/aromatic N) is 2. The summed E-state index contributed by atoms with van der Waals surface area (Å²) in [4.78, 5) is 1.95. The highest BCUT2D eigenvalue weighted by molar-refractivity contribution is 7.85. The van der Waals surface area contributed by atoms with Gasteiger partial charge in [0.15, 0.2) is 18.9 Å². The predicted octanol–water partition coefficient (Wildman–Crippen LogP) is -0.0721. The lowest BCUT2D eigenvalue weighted by Crippen LogP contribution is -2.36. The van der Waals surface area contributed by atoms with Gasteiger partial charge in [-0.1, -0.05) is 0 Å². The van der Waals surface area contributed by atoms with Crippen LogP contribution in [0.5, 0.6) is 0 Å². The fourth-order valence-corrected chi connectivity index (χ4v) is 1.56. The van der Waals surface area contributed by atoms with Crippen molar-refractivity contribution in [3.8, 4) is 0 Å². The lowest BCUT2D eigenvalue weighted by Gasteiger charge is -2.10. The monoisotopic (exact) mass is 231 g/mol. The average molecular weight is 231 g/mol. The van der Waals surface area contributed by atoms with Crippen LogP contribution in [0.2, 0.25) is 0 Å². The fraction of sp³-hybridized carbons (Fsp3) is 0.444. The van der Waals surface area contributed by atoms with Crippen LogP contribution in [-0.2, 0) is 16.7 Å². The molecule has 0 saturated carbocycles. The number of hydrogen-bond acceptors (Lipinski definition) is 3. The van der Waals surface area contributed by atoms with Gasteiger partial charge in [-0.05, 0) is 0 Å². The van der Waals surface area contributed by atoms with Crippen LogP contribution >= 0.6 is 0 Å². The maximum atomic E-state index is 10.5. The largest absolute Gasteiger partial charge is 0.377 e. The van der Waals surface area contributed by atoms with Crippen molar-refractivity contribution in [3.63, 3.8) is 0 Å². The second-order valence-corrected chi connectivity index (χ2v) is 5.05. The number of aromatic nitrogens is 1. The number of pyridine rings is 1. The Kier molecular flexibility index (Phi) is 3.65. The summed E-state index contributed by atoms with van der Waals surface area (Å²) in [6, 6.07) is 3.76. The molecule has 0 fully saturated rings. The van der Waals surface area contributed by atoms with Crippen LogP contribution in [0, 0.1) is 0 Å². The molecule has 0 atom stereocenters.